The molecule has 1 aromatic rings. The largest absolute Gasteiger partial charge is 0.394 e. The molecule has 0 aliphatic carbocycles. The van der Waals surface area contributed by atoms with Crippen LogP contribution in [-0.2, 0) is 11.2 Å². The molecule has 174 valence electrons. The van der Waals surface area contributed by atoms with Gasteiger partial charge in [0.15, 0.2) is 6.29 Å². The maximum atomic E-state index is 13.0. The fourth-order valence-electron chi connectivity index (χ4n) is 3.67. The lowest BCUT2D eigenvalue weighted by Gasteiger charge is -2.44. The second-order valence-corrected chi connectivity index (χ2v) is 9.69. The Bertz CT molecular complexity index is 904. The van der Waals surface area contributed by atoms with E-state index in [4.69, 9.17) is 0 Å². The summed E-state index contributed by atoms with van der Waals surface area (Å²) >= 11 is 2.17. The SMILES string of the molecule is CC(c1cccnc1CC(F)(F)F)N1CCN(/C(C=NN(C)PI)=C(\C#N)C=O)C(C)C1. The average molecular weight is 580 g/mol. The van der Waals surface area contributed by atoms with Crippen molar-refractivity contribution in [1.82, 2.24) is 19.6 Å². The van der Waals surface area contributed by atoms with Crippen LogP contribution < -0.4 is 0 Å². The Balaban J connectivity index is 2.24. The van der Waals surface area contributed by atoms with Gasteiger partial charge in [0.2, 0.25) is 0 Å². The Morgan fingerprint density at radius 2 is 2.25 bits per heavy atom. The van der Waals surface area contributed by atoms with E-state index in [0.717, 1.165) is 0 Å². The number of carbonyl (C=O) groups excluding carboxylic acids is 1. The van der Waals surface area contributed by atoms with Crippen LogP contribution >= 0.6 is 28.4 Å². The molecular weight excluding hydrogens is 555 g/mol. The number of allylic oxidation sites excluding steroid dienone is 2. The first-order valence-corrected chi connectivity index (χ1v) is 13.9. The summed E-state index contributed by atoms with van der Waals surface area (Å²) in [6.07, 6.45) is -1.57. The number of aldehydes is 1. The van der Waals surface area contributed by atoms with Gasteiger partial charge in [-0.2, -0.15) is 23.5 Å². The van der Waals surface area contributed by atoms with Crippen molar-refractivity contribution in [3.8, 4) is 6.07 Å². The van der Waals surface area contributed by atoms with Crippen LogP contribution in [0, 0.1) is 11.3 Å². The zero-order valence-corrected chi connectivity index (χ0v) is 21.1. The zero-order chi connectivity index (χ0) is 23.9. The molecule has 32 heavy (non-hydrogen) atoms. The number of nitriles is 1. The number of nitrogens with zero attached hydrogens (tertiary/aromatic N) is 6. The van der Waals surface area contributed by atoms with E-state index in [-0.39, 0.29) is 23.4 Å². The molecule has 1 aromatic heterocycles. The molecule has 2 heterocycles. The number of aromatic nitrogens is 1. The molecule has 0 amide bonds. The topological polar surface area (TPSA) is 75.8 Å². The fraction of sp³-hybridized carbons (Fsp3) is 0.500. The predicted octanol–water partition coefficient (Wildman–Crippen LogP) is 4.09. The molecule has 7 nitrogen and oxygen atoms in total. The van der Waals surface area contributed by atoms with E-state index in [1.54, 1.807) is 24.0 Å². The lowest BCUT2D eigenvalue weighted by atomic mass is 10.0. The molecule has 1 saturated heterocycles. The second kappa shape index (κ2) is 11.9. The molecule has 3 atom stereocenters. The highest BCUT2D eigenvalue weighted by molar-refractivity contribution is 14.2. The lowest BCUT2D eigenvalue weighted by Crippen LogP contribution is -2.52. The highest BCUT2D eigenvalue weighted by Crippen LogP contribution is 2.30. The fourth-order valence-corrected chi connectivity index (χ4v) is 4.14. The van der Waals surface area contributed by atoms with Crippen molar-refractivity contribution in [3.63, 3.8) is 0 Å². The van der Waals surface area contributed by atoms with Gasteiger partial charge in [-0.1, -0.05) is 6.07 Å². The summed E-state index contributed by atoms with van der Waals surface area (Å²) in [6.45, 7) is 5.41. The number of alkyl halides is 3. The Morgan fingerprint density at radius 3 is 2.81 bits per heavy atom. The van der Waals surface area contributed by atoms with Gasteiger partial charge < -0.3 is 4.90 Å². The van der Waals surface area contributed by atoms with Crippen molar-refractivity contribution in [2.75, 3.05) is 26.7 Å². The van der Waals surface area contributed by atoms with Crippen LogP contribution in [0.4, 0.5) is 13.2 Å². The first kappa shape index (κ1) is 26.5. The van der Waals surface area contributed by atoms with Crippen LogP contribution in [0.5, 0.6) is 0 Å². The van der Waals surface area contributed by atoms with Crippen LogP contribution in [-0.4, -0.2) is 71.0 Å². The van der Waals surface area contributed by atoms with E-state index >= 15 is 0 Å². The van der Waals surface area contributed by atoms with Crippen LogP contribution in [0.25, 0.3) is 0 Å². The zero-order valence-electron chi connectivity index (χ0n) is 18.0. The maximum absolute atomic E-state index is 13.0. The van der Waals surface area contributed by atoms with E-state index in [1.807, 2.05) is 24.8 Å². The third-order valence-electron chi connectivity index (χ3n) is 5.25. The minimum Gasteiger partial charge on any atom is -0.364 e. The molecule has 0 bridgehead atoms. The number of hydrazone groups is 1. The van der Waals surface area contributed by atoms with E-state index < -0.39 is 12.6 Å². The summed E-state index contributed by atoms with van der Waals surface area (Å²) < 4.78 is 40.7. The Labute approximate surface area is 200 Å². The Hall–Kier alpha value is -1.77. The van der Waals surface area contributed by atoms with Crippen molar-refractivity contribution in [3.05, 3.63) is 40.9 Å². The van der Waals surface area contributed by atoms with Gasteiger partial charge in [0, 0.05) is 45.0 Å². The Morgan fingerprint density at radius 1 is 1.53 bits per heavy atom. The number of hydrogen-bond acceptors (Lipinski definition) is 7. The molecule has 1 fully saturated rings. The number of carbonyl (C=O) groups is 1. The molecule has 2 rings (SSSR count). The van der Waals surface area contributed by atoms with Crippen molar-refractivity contribution < 1.29 is 18.0 Å². The van der Waals surface area contributed by atoms with Crippen molar-refractivity contribution in [1.29, 1.82) is 5.26 Å². The first-order chi connectivity index (χ1) is 15.1. The quantitative estimate of drug-likeness (QED) is 0.0878. The van der Waals surface area contributed by atoms with Gasteiger partial charge in [-0.15, -0.1) is 0 Å². The first-order valence-electron chi connectivity index (χ1n) is 9.86. The summed E-state index contributed by atoms with van der Waals surface area (Å²) in [5, 5.41) is 13.7. The third kappa shape index (κ3) is 7.12. The molecule has 0 N–H and O–H groups in total. The molecular formula is C20H25F3IN6OP. The van der Waals surface area contributed by atoms with Gasteiger partial charge in [0.05, 0.1) is 30.4 Å². The van der Waals surface area contributed by atoms with Gasteiger partial charge in [-0.25, -0.2) is 0 Å². The minimum absolute atomic E-state index is 0.00740. The second-order valence-electron chi connectivity index (χ2n) is 7.43. The van der Waals surface area contributed by atoms with Crippen molar-refractivity contribution in [2.45, 2.75) is 38.5 Å². The average Bonchev–Trinajstić information content (AvgIpc) is 2.75. The smallest absolute Gasteiger partial charge is 0.364 e. The number of pyridine rings is 1. The molecule has 1 aliphatic heterocycles. The molecule has 0 aromatic carbocycles. The van der Waals surface area contributed by atoms with Crippen LogP contribution in [0.15, 0.2) is 34.7 Å². The van der Waals surface area contributed by atoms with E-state index in [9.17, 15) is 23.2 Å². The molecule has 0 radical (unpaired) electrons. The highest BCUT2D eigenvalue weighted by Gasteiger charge is 2.33. The van der Waals surface area contributed by atoms with Crippen LogP contribution in [0.3, 0.4) is 0 Å². The predicted molar refractivity (Wildman–Crippen MR) is 127 cm³/mol. The van der Waals surface area contributed by atoms with Gasteiger partial charge in [-0.05, 0) is 47.5 Å². The van der Waals surface area contributed by atoms with Gasteiger partial charge in [-0.3, -0.25) is 19.5 Å². The van der Waals surface area contributed by atoms with Crippen molar-refractivity contribution in [2.24, 2.45) is 5.10 Å². The monoisotopic (exact) mass is 580 g/mol. The number of rotatable bonds is 8. The van der Waals surface area contributed by atoms with Gasteiger partial charge >= 0.3 is 6.18 Å². The number of halogens is 4. The summed E-state index contributed by atoms with van der Waals surface area (Å²) in [5.74, 6) is 0. The summed E-state index contributed by atoms with van der Waals surface area (Å²) in [6, 6.07) is 4.91. The number of piperazine rings is 1. The number of hydrogen-bond donors (Lipinski definition) is 0. The minimum atomic E-state index is -4.33. The molecule has 0 spiro atoms. The third-order valence-corrected chi connectivity index (χ3v) is 7.70. The summed E-state index contributed by atoms with van der Waals surface area (Å²) in [7, 11) is 1.79. The molecule has 12 heteroatoms. The standard InChI is InChI=1S/C20H25F3IN6OP/c1-14-12-29(15(2)17-5-4-6-26-18(17)9-20(21,22)23)7-8-30(14)19(16(10-25)13-31)11-27-28(3)32-24/h4-6,11,13-15,32H,7-9,12H2,1-3H3/b19-16+,27-11?. The summed E-state index contributed by atoms with van der Waals surface area (Å²) in [5.41, 5.74) is 1.03. The van der Waals surface area contributed by atoms with Crippen LogP contribution in [0.2, 0.25) is 0 Å². The Kier molecular flexibility index (Phi) is 9.85. The van der Waals surface area contributed by atoms with Crippen LogP contribution in [0.1, 0.15) is 31.1 Å². The molecule has 3 unspecified atom stereocenters. The van der Waals surface area contributed by atoms with Gasteiger partial charge in [0.1, 0.15) is 11.6 Å². The highest BCUT2D eigenvalue weighted by atomic mass is 127. The normalized spacial score (nSPS) is 19.8. The van der Waals surface area contributed by atoms with E-state index in [1.165, 1.54) is 12.4 Å². The van der Waals surface area contributed by atoms with E-state index in [0.29, 0.717) is 43.6 Å². The van der Waals surface area contributed by atoms with Gasteiger partial charge in [0.25, 0.3) is 0 Å². The van der Waals surface area contributed by atoms with Crippen molar-refractivity contribution >= 4 is 40.9 Å². The van der Waals surface area contributed by atoms with E-state index in [2.05, 4.69) is 37.0 Å². The lowest BCUT2D eigenvalue weighted by molar-refractivity contribution is -0.128. The maximum Gasteiger partial charge on any atom is 0.394 e. The molecule has 1 aliphatic rings. The summed E-state index contributed by atoms with van der Waals surface area (Å²) in [4.78, 5) is 19.5. The molecule has 0 saturated carbocycles.